The maximum absolute atomic E-state index is 15.8. The van der Waals surface area contributed by atoms with Crippen molar-refractivity contribution in [3.63, 3.8) is 0 Å². The molecule has 0 bridgehead atoms. The van der Waals surface area contributed by atoms with Gasteiger partial charge in [0, 0.05) is 29.1 Å². The van der Waals surface area contributed by atoms with Crippen molar-refractivity contribution in [1.29, 1.82) is 0 Å². The van der Waals surface area contributed by atoms with E-state index in [9.17, 15) is 9.59 Å². The van der Waals surface area contributed by atoms with Gasteiger partial charge in [-0.3, -0.25) is 9.59 Å². The second-order valence-electron chi connectivity index (χ2n) is 12.9. The van der Waals surface area contributed by atoms with Crippen LogP contribution < -0.4 is 10.6 Å². The SMILES string of the molecule is CC1CCC(CC(=O)[C@@H]2N[C@H](CC(C)(C)C)[C@]3(C(=O)Nc4cc(Cl)ccc43)[C@H]2c2cccc(Cl)c2F)CC1. The zero-order valence-corrected chi connectivity index (χ0v) is 24.1. The first-order valence-corrected chi connectivity index (χ1v) is 14.5. The lowest BCUT2D eigenvalue weighted by Gasteiger charge is -2.38. The van der Waals surface area contributed by atoms with E-state index in [-0.39, 0.29) is 22.1 Å². The number of anilines is 1. The van der Waals surface area contributed by atoms with E-state index in [1.54, 1.807) is 24.3 Å². The minimum absolute atomic E-state index is 0.0147. The molecule has 5 rings (SSSR count). The molecule has 0 radical (unpaired) electrons. The summed E-state index contributed by atoms with van der Waals surface area (Å²) < 4.78 is 15.8. The molecule has 2 N–H and O–H groups in total. The molecular formula is C31H37Cl2FN2O2. The third kappa shape index (κ3) is 4.80. The van der Waals surface area contributed by atoms with Crippen LogP contribution in [0, 0.1) is 23.1 Å². The molecular weight excluding hydrogens is 522 g/mol. The monoisotopic (exact) mass is 558 g/mol. The molecule has 1 aliphatic carbocycles. The van der Waals surface area contributed by atoms with Crippen LogP contribution in [0.3, 0.4) is 0 Å². The standard InChI is InChI=1S/C31H37Cl2FN2O2/c1-17-8-10-18(11-9-17)14-24(37)28-26(20-6-5-7-22(33)27(20)34)31(25(36-28)16-30(2,3)4)21-13-12-19(32)15-23(21)35-29(31)38/h5-7,12-13,15,17-18,25-26,28,36H,8-11,14,16H2,1-4H3,(H,35,38)/t17?,18?,25-,26+,28+,31+/m1/s1. The zero-order chi connectivity index (χ0) is 27.4. The predicted octanol–water partition coefficient (Wildman–Crippen LogP) is 7.67. The number of amides is 1. The smallest absolute Gasteiger partial charge is 0.237 e. The second-order valence-corrected chi connectivity index (χ2v) is 13.7. The van der Waals surface area contributed by atoms with Crippen LogP contribution in [0.15, 0.2) is 36.4 Å². The summed E-state index contributed by atoms with van der Waals surface area (Å²) in [4.78, 5) is 28.3. The van der Waals surface area contributed by atoms with E-state index >= 15 is 4.39 Å². The summed E-state index contributed by atoms with van der Waals surface area (Å²) in [7, 11) is 0. The number of nitrogens with one attached hydrogen (secondary N) is 2. The first-order chi connectivity index (χ1) is 17.9. The lowest BCUT2D eigenvalue weighted by Crippen LogP contribution is -2.49. The summed E-state index contributed by atoms with van der Waals surface area (Å²) in [5.74, 6) is -0.527. The number of halogens is 3. The average Bonchev–Trinajstić information content (AvgIpc) is 3.31. The Bertz CT molecular complexity index is 1250. The summed E-state index contributed by atoms with van der Waals surface area (Å²) in [5, 5.41) is 7.13. The third-order valence-corrected chi connectivity index (χ3v) is 9.44. The van der Waals surface area contributed by atoms with Crippen LogP contribution in [0.25, 0.3) is 0 Å². The summed E-state index contributed by atoms with van der Waals surface area (Å²) in [6, 6.07) is 9.13. The lowest BCUT2D eigenvalue weighted by molar-refractivity contribution is -0.123. The first kappa shape index (κ1) is 27.6. The highest BCUT2D eigenvalue weighted by molar-refractivity contribution is 6.31. The molecule has 2 aliphatic heterocycles. The highest BCUT2D eigenvalue weighted by Crippen LogP contribution is 2.57. The van der Waals surface area contributed by atoms with Gasteiger partial charge in [-0.05, 0) is 65.8 Å². The van der Waals surface area contributed by atoms with Crippen LogP contribution in [-0.2, 0) is 15.0 Å². The quantitative estimate of drug-likeness (QED) is 0.395. The van der Waals surface area contributed by atoms with Gasteiger partial charge in [-0.25, -0.2) is 4.39 Å². The first-order valence-electron chi connectivity index (χ1n) is 13.8. The molecule has 1 saturated heterocycles. The molecule has 1 amide bonds. The number of hydrogen-bond donors (Lipinski definition) is 2. The van der Waals surface area contributed by atoms with E-state index in [1.165, 1.54) is 6.07 Å². The Hall–Kier alpha value is -1.95. The zero-order valence-electron chi connectivity index (χ0n) is 22.5. The minimum atomic E-state index is -1.19. The maximum Gasteiger partial charge on any atom is 0.237 e. The van der Waals surface area contributed by atoms with Crippen LogP contribution in [0.4, 0.5) is 10.1 Å². The van der Waals surface area contributed by atoms with Gasteiger partial charge in [0.05, 0.1) is 11.1 Å². The normalized spacial score (nSPS) is 30.9. The number of carbonyl (C=O) groups is 2. The highest BCUT2D eigenvalue weighted by atomic mass is 35.5. The topological polar surface area (TPSA) is 58.2 Å². The molecule has 4 nitrogen and oxygen atoms in total. The van der Waals surface area contributed by atoms with Crippen molar-refractivity contribution in [2.45, 2.75) is 89.6 Å². The van der Waals surface area contributed by atoms with Gasteiger partial charge in [-0.2, -0.15) is 0 Å². The van der Waals surface area contributed by atoms with E-state index in [0.29, 0.717) is 41.0 Å². The predicted molar refractivity (Wildman–Crippen MR) is 151 cm³/mol. The minimum Gasteiger partial charge on any atom is -0.325 e. The van der Waals surface area contributed by atoms with E-state index in [4.69, 9.17) is 23.2 Å². The Morgan fingerprint density at radius 2 is 1.82 bits per heavy atom. The van der Waals surface area contributed by atoms with Crippen LogP contribution >= 0.6 is 23.2 Å². The van der Waals surface area contributed by atoms with Gasteiger partial charge in [-0.1, -0.05) is 81.9 Å². The van der Waals surface area contributed by atoms with Crippen LogP contribution in [0.2, 0.25) is 10.0 Å². The van der Waals surface area contributed by atoms with E-state index in [2.05, 4.69) is 38.3 Å². The lowest BCUT2D eigenvalue weighted by atomic mass is 9.62. The average molecular weight is 560 g/mol. The van der Waals surface area contributed by atoms with Gasteiger partial charge in [0.25, 0.3) is 0 Å². The van der Waals surface area contributed by atoms with Gasteiger partial charge in [-0.15, -0.1) is 0 Å². The van der Waals surface area contributed by atoms with Gasteiger partial charge >= 0.3 is 0 Å². The number of hydrogen-bond acceptors (Lipinski definition) is 3. The molecule has 4 atom stereocenters. The number of carbonyl (C=O) groups excluding carboxylic acids is 2. The molecule has 1 spiro atoms. The third-order valence-electron chi connectivity index (χ3n) is 8.91. The van der Waals surface area contributed by atoms with Crippen molar-refractivity contribution in [1.82, 2.24) is 5.32 Å². The van der Waals surface area contributed by atoms with Crippen molar-refractivity contribution in [3.05, 3.63) is 63.4 Å². The van der Waals surface area contributed by atoms with Crippen molar-refractivity contribution in [2.75, 3.05) is 5.32 Å². The number of rotatable bonds is 5. The molecule has 2 fully saturated rings. The summed E-state index contributed by atoms with van der Waals surface area (Å²) in [5.41, 5.74) is 0.314. The van der Waals surface area contributed by atoms with Crippen molar-refractivity contribution in [2.24, 2.45) is 17.3 Å². The molecule has 7 heteroatoms. The molecule has 38 heavy (non-hydrogen) atoms. The van der Waals surface area contributed by atoms with Gasteiger partial charge in [0.15, 0.2) is 5.78 Å². The Morgan fingerprint density at radius 3 is 2.50 bits per heavy atom. The molecule has 2 aromatic carbocycles. The Labute approximate surface area is 235 Å². The summed E-state index contributed by atoms with van der Waals surface area (Å²) in [6.45, 7) is 8.61. The van der Waals surface area contributed by atoms with E-state index in [1.807, 2.05) is 6.07 Å². The van der Waals surface area contributed by atoms with Gasteiger partial charge in [0.2, 0.25) is 5.91 Å². The van der Waals surface area contributed by atoms with E-state index < -0.39 is 29.2 Å². The van der Waals surface area contributed by atoms with Crippen LogP contribution in [0.5, 0.6) is 0 Å². The molecule has 1 saturated carbocycles. The highest BCUT2D eigenvalue weighted by Gasteiger charge is 2.66. The van der Waals surface area contributed by atoms with Crippen molar-refractivity contribution >= 4 is 40.6 Å². The number of ketones is 1. The fraction of sp³-hybridized carbons (Fsp3) is 0.548. The second kappa shape index (κ2) is 10.2. The molecule has 3 aliphatic rings. The number of Topliss-reactive ketones (excluding diaryl/α,β-unsaturated/α-hetero) is 1. The number of benzene rings is 2. The fourth-order valence-corrected chi connectivity index (χ4v) is 7.50. The van der Waals surface area contributed by atoms with Crippen molar-refractivity contribution in [3.8, 4) is 0 Å². The summed E-state index contributed by atoms with van der Waals surface area (Å²) >= 11 is 12.6. The van der Waals surface area contributed by atoms with Gasteiger partial charge in [0.1, 0.15) is 11.2 Å². The van der Waals surface area contributed by atoms with Crippen LogP contribution in [-0.4, -0.2) is 23.8 Å². The molecule has 0 unspecified atom stereocenters. The number of fused-ring (bicyclic) bond motifs is 2. The Balaban J connectivity index is 1.67. The fourth-order valence-electron chi connectivity index (χ4n) is 7.15. The van der Waals surface area contributed by atoms with E-state index in [0.717, 1.165) is 31.2 Å². The van der Waals surface area contributed by atoms with Gasteiger partial charge < -0.3 is 10.6 Å². The Morgan fingerprint density at radius 1 is 1.11 bits per heavy atom. The van der Waals surface area contributed by atoms with Crippen LogP contribution in [0.1, 0.15) is 83.3 Å². The molecule has 0 aromatic heterocycles. The summed E-state index contributed by atoms with van der Waals surface area (Å²) in [6.07, 6.45) is 5.33. The molecule has 2 aromatic rings. The Kier molecular flexibility index (Phi) is 7.43. The molecule has 204 valence electrons. The maximum atomic E-state index is 15.8. The largest absolute Gasteiger partial charge is 0.325 e. The van der Waals surface area contributed by atoms with Crippen molar-refractivity contribution < 1.29 is 14.0 Å². The molecule has 2 heterocycles.